The summed E-state index contributed by atoms with van der Waals surface area (Å²) in [6.07, 6.45) is 5.16. The van der Waals surface area contributed by atoms with Gasteiger partial charge in [-0.15, -0.1) is 6.42 Å². The van der Waals surface area contributed by atoms with Gasteiger partial charge >= 0.3 is 0 Å². The highest BCUT2D eigenvalue weighted by molar-refractivity contribution is 5.78. The summed E-state index contributed by atoms with van der Waals surface area (Å²) in [5.41, 5.74) is 0.874. The van der Waals surface area contributed by atoms with E-state index in [0.29, 0.717) is 12.3 Å². The number of carbonyl (C=O) groups is 1. The van der Waals surface area contributed by atoms with Crippen molar-refractivity contribution in [1.29, 1.82) is 0 Å². The van der Waals surface area contributed by atoms with Gasteiger partial charge in [0.05, 0.1) is 6.54 Å². The van der Waals surface area contributed by atoms with Crippen molar-refractivity contribution in [3.63, 3.8) is 0 Å². The minimum absolute atomic E-state index is 0.0198. The highest BCUT2D eigenvalue weighted by Gasteiger charge is 2.13. The molecule has 0 aliphatic heterocycles. The fraction of sp³-hybridized carbons (Fsp3) is 0.438. The summed E-state index contributed by atoms with van der Waals surface area (Å²) in [5, 5.41) is 5.95. The summed E-state index contributed by atoms with van der Waals surface area (Å²) in [6, 6.07) is 7.58. The van der Waals surface area contributed by atoms with Crippen LogP contribution in [0.15, 0.2) is 24.3 Å². The maximum Gasteiger partial charge on any atom is 0.258 e. The Kier molecular flexibility index (Phi) is 6.08. The van der Waals surface area contributed by atoms with Crippen molar-refractivity contribution in [2.75, 3.05) is 13.2 Å². The van der Waals surface area contributed by atoms with E-state index in [-0.39, 0.29) is 18.1 Å². The Morgan fingerprint density at radius 2 is 1.95 bits per heavy atom. The number of nitrogens with one attached hydrogen (secondary N) is 2. The molecule has 20 heavy (non-hydrogen) atoms. The smallest absolute Gasteiger partial charge is 0.258 e. The molecule has 1 aromatic carbocycles. The predicted molar refractivity (Wildman–Crippen MR) is 80.4 cm³/mol. The zero-order chi connectivity index (χ0) is 15.0. The van der Waals surface area contributed by atoms with Crippen LogP contribution in [0.3, 0.4) is 0 Å². The molecule has 0 atom stereocenters. The molecule has 1 amide bonds. The third-order valence-electron chi connectivity index (χ3n) is 2.36. The van der Waals surface area contributed by atoms with E-state index in [4.69, 9.17) is 11.2 Å². The van der Waals surface area contributed by atoms with Gasteiger partial charge in [0.25, 0.3) is 5.91 Å². The van der Waals surface area contributed by atoms with Crippen LogP contribution in [0.4, 0.5) is 0 Å². The summed E-state index contributed by atoms with van der Waals surface area (Å²) in [4.78, 5) is 11.6. The molecule has 0 aliphatic carbocycles. The maximum absolute atomic E-state index is 11.6. The van der Waals surface area contributed by atoms with E-state index in [0.717, 1.165) is 12.1 Å². The van der Waals surface area contributed by atoms with Gasteiger partial charge in [0.1, 0.15) is 5.75 Å². The molecule has 0 bridgehead atoms. The summed E-state index contributed by atoms with van der Waals surface area (Å²) in [5.74, 6) is 3.07. The van der Waals surface area contributed by atoms with Crippen LogP contribution in [0.2, 0.25) is 0 Å². The fourth-order valence-electron chi connectivity index (χ4n) is 1.59. The molecule has 1 rings (SSSR count). The number of ether oxygens (including phenoxy) is 1. The molecule has 0 saturated heterocycles. The Hall–Kier alpha value is -1.99. The van der Waals surface area contributed by atoms with E-state index in [1.54, 1.807) is 0 Å². The van der Waals surface area contributed by atoms with Crippen LogP contribution >= 0.6 is 0 Å². The monoisotopic (exact) mass is 274 g/mol. The molecule has 0 radical (unpaired) electrons. The molecule has 0 spiro atoms. The van der Waals surface area contributed by atoms with Crippen molar-refractivity contribution in [3.05, 3.63) is 29.8 Å². The molecule has 0 unspecified atom stereocenters. The van der Waals surface area contributed by atoms with E-state index in [9.17, 15) is 4.79 Å². The highest BCUT2D eigenvalue weighted by Crippen LogP contribution is 2.12. The van der Waals surface area contributed by atoms with Gasteiger partial charge in [0.2, 0.25) is 0 Å². The van der Waals surface area contributed by atoms with Crippen molar-refractivity contribution in [3.8, 4) is 18.1 Å². The zero-order valence-electron chi connectivity index (χ0n) is 12.3. The van der Waals surface area contributed by atoms with Crippen molar-refractivity contribution in [2.45, 2.75) is 32.9 Å². The molecule has 4 heteroatoms. The van der Waals surface area contributed by atoms with Crippen LogP contribution in [-0.2, 0) is 11.3 Å². The van der Waals surface area contributed by atoms with E-state index < -0.39 is 0 Å². The van der Waals surface area contributed by atoms with Crippen molar-refractivity contribution in [2.24, 2.45) is 0 Å². The van der Waals surface area contributed by atoms with E-state index in [1.165, 1.54) is 0 Å². The minimum Gasteiger partial charge on any atom is -0.484 e. The Morgan fingerprint density at radius 1 is 1.30 bits per heavy atom. The molecule has 1 aromatic rings. The predicted octanol–water partition coefficient (Wildman–Crippen LogP) is 1.70. The lowest BCUT2D eigenvalue weighted by Gasteiger charge is -2.20. The number of amides is 1. The average Bonchev–Trinajstić information content (AvgIpc) is 2.36. The lowest BCUT2D eigenvalue weighted by atomic mass is 10.1. The Morgan fingerprint density at radius 3 is 2.50 bits per heavy atom. The van der Waals surface area contributed by atoms with Crippen LogP contribution in [0, 0.1) is 12.3 Å². The molecule has 2 N–H and O–H groups in total. The first-order valence-electron chi connectivity index (χ1n) is 6.57. The SMILES string of the molecule is C#CCNCc1ccc(OCC(=O)NC(C)(C)C)cc1. The number of carbonyl (C=O) groups excluding carboxylic acids is 1. The Bertz CT molecular complexity index is 467. The lowest BCUT2D eigenvalue weighted by Crippen LogP contribution is -2.43. The molecular weight excluding hydrogens is 252 g/mol. The standard InChI is InChI=1S/C16H22N2O2/c1-5-10-17-11-13-6-8-14(9-7-13)20-12-15(19)18-16(2,3)4/h1,6-9,17H,10-12H2,2-4H3,(H,18,19). The van der Waals surface area contributed by atoms with Crippen LogP contribution in [0.1, 0.15) is 26.3 Å². The molecule has 0 saturated carbocycles. The molecule has 0 fully saturated rings. The molecule has 108 valence electrons. The second-order valence-electron chi connectivity index (χ2n) is 5.54. The first-order chi connectivity index (χ1) is 9.40. The first-order valence-corrected chi connectivity index (χ1v) is 6.57. The van der Waals surface area contributed by atoms with Gasteiger partial charge in [0, 0.05) is 12.1 Å². The van der Waals surface area contributed by atoms with Gasteiger partial charge < -0.3 is 15.4 Å². The Balaban J connectivity index is 2.38. The van der Waals surface area contributed by atoms with Gasteiger partial charge in [-0.25, -0.2) is 0 Å². The quantitative estimate of drug-likeness (QED) is 0.613. The van der Waals surface area contributed by atoms with Crippen LogP contribution in [0.5, 0.6) is 5.75 Å². The average molecular weight is 274 g/mol. The van der Waals surface area contributed by atoms with Gasteiger partial charge in [-0.05, 0) is 38.5 Å². The van der Waals surface area contributed by atoms with Gasteiger partial charge in [-0.1, -0.05) is 18.1 Å². The molecular formula is C16H22N2O2. The zero-order valence-corrected chi connectivity index (χ0v) is 12.3. The highest BCUT2D eigenvalue weighted by atomic mass is 16.5. The summed E-state index contributed by atoms with van der Waals surface area (Å²) >= 11 is 0. The van der Waals surface area contributed by atoms with Gasteiger partial charge in [-0.2, -0.15) is 0 Å². The normalized spacial score (nSPS) is 10.7. The van der Waals surface area contributed by atoms with Crippen LogP contribution in [0.25, 0.3) is 0 Å². The summed E-state index contributed by atoms with van der Waals surface area (Å²) in [6.45, 7) is 7.08. The first kappa shape index (κ1) is 16.1. The van der Waals surface area contributed by atoms with Crippen molar-refractivity contribution in [1.82, 2.24) is 10.6 Å². The Labute approximate surface area is 120 Å². The van der Waals surface area contributed by atoms with Gasteiger partial charge in [0.15, 0.2) is 6.61 Å². The van der Waals surface area contributed by atoms with Crippen LogP contribution < -0.4 is 15.4 Å². The fourth-order valence-corrected chi connectivity index (χ4v) is 1.59. The number of hydrogen-bond acceptors (Lipinski definition) is 3. The topological polar surface area (TPSA) is 50.4 Å². The third-order valence-corrected chi connectivity index (χ3v) is 2.36. The van der Waals surface area contributed by atoms with E-state index in [1.807, 2.05) is 45.0 Å². The van der Waals surface area contributed by atoms with Gasteiger partial charge in [-0.3, -0.25) is 4.79 Å². The number of terminal acetylenes is 1. The maximum atomic E-state index is 11.6. The largest absolute Gasteiger partial charge is 0.484 e. The second-order valence-corrected chi connectivity index (χ2v) is 5.54. The summed E-state index contributed by atoms with van der Waals surface area (Å²) < 4.78 is 5.43. The number of hydrogen-bond donors (Lipinski definition) is 2. The van der Waals surface area contributed by atoms with Crippen molar-refractivity contribution < 1.29 is 9.53 Å². The summed E-state index contributed by atoms with van der Waals surface area (Å²) in [7, 11) is 0. The molecule has 0 aliphatic rings. The third kappa shape index (κ3) is 6.81. The van der Waals surface area contributed by atoms with Crippen molar-refractivity contribution >= 4 is 5.91 Å². The number of benzene rings is 1. The lowest BCUT2D eigenvalue weighted by molar-refractivity contribution is -0.124. The molecule has 0 heterocycles. The van der Waals surface area contributed by atoms with E-state index in [2.05, 4.69) is 16.6 Å². The number of rotatable bonds is 6. The van der Waals surface area contributed by atoms with Crippen LogP contribution in [-0.4, -0.2) is 24.6 Å². The molecule has 0 aromatic heterocycles. The minimum atomic E-state index is -0.243. The molecule has 4 nitrogen and oxygen atoms in total. The van der Waals surface area contributed by atoms with E-state index >= 15 is 0 Å². The second kappa shape index (κ2) is 7.56.